The molecule has 11 heteroatoms. The number of thioether (sulfide) groups is 1. The molecular weight excluding hydrogens is 475 g/mol. The molecule has 8 nitrogen and oxygen atoms in total. The zero-order valence-electron chi connectivity index (χ0n) is 18.9. The van der Waals surface area contributed by atoms with Gasteiger partial charge in [0.15, 0.2) is 17.1 Å². The summed E-state index contributed by atoms with van der Waals surface area (Å²) < 4.78 is 20.9. The lowest BCUT2D eigenvalue weighted by Crippen LogP contribution is -2.15. The van der Waals surface area contributed by atoms with Crippen LogP contribution in [0.4, 0.5) is 9.52 Å². The Morgan fingerprint density at radius 1 is 1.26 bits per heavy atom. The van der Waals surface area contributed by atoms with Crippen LogP contribution < -0.4 is 10.1 Å². The molecule has 1 aliphatic carbocycles. The van der Waals surface area contributed by atoms with Crippen molar-refractivity contribution in [3.8, 4) is 5.75 Å². The van der Waals surface area contributed by atoms with Gasteiger partial charge in [0.25, 0.3) is 0 Å². The fourth-order valence-electron chi connectivity index (χ4n) is 3.86. The summed E-state index contributed by atoms with van der Waals surface area (Å²) in [6, 6.07) is 5.80. The predicted octanol–water partition coefficient (Wildman–Crippen LogP) is 5.37. The number of hydrogen-bond acceptors (Lipinski definition) is 8. The first-order chi connectivity index (χ1) is 16.5. The molecule has 0 saturated heterocycles. The Hall–Kier alpha value is -2.79. The maximum absolute atomic E-state index is 13.2. The van der Waals surface area contributed by atoms with E-state index >= 15 is 0 Å². The molecule has 1 saturated carbocycles. The molecule has 3 aromatic rings. The maximum Gasteiger partial charge on any atom is 0.236 e. The molecule has 0 radical (unpaired) electrons. The zero-order valence-corrected chi connectivity index (χ0v) is 20.6. The van der Waals surface area contributed by atoms with E-state index in [0.717, 1.165) is 17.8 Å². The number of hydrogen-bond donors (Lipinski definition) is 1. The lowest BCUT2D eigenvalue weighted by Gasteiger charge is -2.18. The third kappa shape index (κ3) is 6.20. The molecule has 1 fully saturated rings. The second-order valence-corrected chi connectivity index (χ2v) is 10.0. The van der Waals surface area contributed by atoms with Gasteiger partial charge in [-0.15, -0.1) is 27.0 Å². The minimum Gasteiger partial charge on any atom is -0.483 e. The highest BCUT2D eigenvalue weighted by molar-refractivity contribution is 7.99. The van der Waals surface area contributed by atoms with Gasteiger partial charge >= 0.3 is 0 Å². The summed E-state index contributed by atoms with van der Waals surface area (Å²) in [7, 11) is 0. The molecule has 4 rings (SSSR count). The van der Waals surface area contributed by atoms with Gasteiger partial charge in [0, 0.05) is 12.5 Å². The summed E-state index contributed by atoms with van der Waals surface area (Å²) in [6.07, 6.45) is 7.32. The summed E-state index contributed by atoms with van der Waals surface area (Å²) in [5.41, 5.74) is 0. The largest absolute Gasteiger partial charge is 0.483 e. The number of rotatable bonds is 10. The Kier molecular flexibility index (Phi) is 8.28. The van der Waals surface area contributed by atoms with Crippen LogP contribution in [0.5, 0.6) is 5.75 Å². The van der Waals surface area contributed by atoms with E-state index in [9.17, 15) is 9.18 Å². The first-order valence-electron chi connectivity index (χ1n) is 11.3. The number of nitrogens with one attached hydrogen (secondary N) is 1. The molecule has 1 N–H and O–H groups in total. The number of halogens is 1. The number of aromatic nitrogens is 5. The Labute approximate surface area is 206 Å². The van der Waals surface area contributed by atoms with Crippen molar-refractivity contribution in [3.63, 3.8) is 0 Å². The fourth-order valence-corrected chi connectivity index (χ4v) is 5.55. The van der Waals surface area contributed by atoms with Crippen molar-refractivity contribution in [3.05, 3.63) is 53.6 Å². The van der Waals surface area contributed by atoms with Crippen molar-refractivity contribution in [2.75, 3.05) is 11.1 Å². The first kappa shape index (κ1) is 24.3. The summed E-state index contributed by atoms with van der Waals surface area (Å²) in [5, 5.41) is 21.9. The normalized spacial score (nSPS) is 15.1. The lowest BCUT2D eigenvalue weighted by molar-refractivity contribution is -0.113. The van der Waals surface area contributed by atoms with E-state index in [1.807, 2.05) is 11.5 Å². The quantitative estimate of drug-likeness (QED) is 0.294. The van der Waals surface area contributed by atoms with Crippen LogP contribution in [0.2, 0.25) is 0 Å². The van der Waals surface area contributed by atoms with Gasteiger partial charge in [-0.25, -0.2) is 4.39 Å². The van der Waals surface area contributed by atoms with Gasteiger partial charge in [-0.1, -0.05) is 48.4 Å². The minimum absolute atomic E-state index is 0.154. The van der Waals surface area contributed by atoms with E-state index in [1.165, 1.54) is 54.5 Å². The Morgan fingerprint density at radius 2 is 2.03 bits per heavy atom. The van der Waals surface area contributed by atoms with Crippen molar-refractivity contribution in [1.29, 1.82) is 0 Å². The van der Waals surface area contributed by atoms with Crippen LogP contribution in [0.25, 0.3) is 0 Å². The van der Waals surface area contributed by atoms with Gasteiger partial charge in [0.2, 0.25) is 11.0 Å². The van der Waals surface area contributed by atoms with Crippen molar-refractivity contribution in [2.45, 2.75) is 62.8 Å². The molecule has 1 amide bonds. The molecule has 1 aromatic carbocycles. The molecule has 1 aliphatic rings. The van der Waals surface area contributed by atoms with E-state index in [2.05, 4.69) is 32.3 Å². The van der Waals surface area contributed by atoms with Crippen LogP contribution in [0.3, 0.4) is 0 Å². The van der Waals surface area contributed by atoms with Gasteiger partial charge in [-0.05, 0) is 44.0 Å². The van der Waals surface area contributed by atoms with Crippen LogP contribution in [0, 0.1) is 5.82 Å². The van der Waals surface area contributed by atoms with Crippen molar-refractivity contribution < 1.29 is 13.9 Å². The van der Waals surface area contributed by atoms with Crippen LogP contribution >= 0.6 is 23.1 Å². The van der Waals surface area contributed by atoms with Crippen molar-refractivity contribution in [1.82, 2.24) is 25.0 Å². The van der Waals surface area contributed by atoms with Gasteiger partial charge in [-0.3, -0.25) is 14.7 Å². The number of carbonyl (C=O) groups excluding carboxylic acids is 1. The average molecular weight is 503 g/mol. The number of anilines is 1. The van der Waals surface area contributed by atoms with Gasteiger partial charge in [-0.2, -0.15) is 0 Å². The van der Waals surface area contributed by atoms with Gasteiger partial charge in [0.1, 0.15) is 16.6 Å². The molecule has 1 atom stereocenters. The fraction of sp³-hybridized carbons (Fsp3) is 0.435. The second kappa shape index (κ2) is 11.6. The standard InChI is InChI=1S/C23H27FN6O2S2/c1-3-13-30-20(15(2)32-18-11-9-17(24)10-12-18)26-29-23(30)33-14-19(31)25-22-28-27-21(34-22)16-7-5-4-6-8-16/h3,9-12,15-16H,1,4-8,13-14H2,2H3,(H,25,28,31). The Morgan fingerprint density at radius 3 is 2.76 bits per heavy atom. The van der Waals surface area contributed by atoms with Crippen LogP contribution in [-0.2, 0) is 11.3 Å². The molecule has 34 heavy (non-hydrogen) atoms. The second-order valence-electron chi connectivity index (χ2n) is 8.07. The lowest BCUT2D eigenvalue weighted by atomic mass is 9.90. The third-order valence-electron chi connectivity index (χ3n) is 5.52. The molecular formula is C23H27FN6O2S2. The average Bonchev–Trinajstić information content (AvgIpc) is 3.47. The molecule has 2 aromatic heterocycles. The van der Waals surface area contributed by atoms with Crippen LogP contribution in [-0.4, -0.2) is 36.6 Å². The smallest absolute Gasteiger partial charge is 0.236 e. The summed E-state index contributed by atoms with van der Waals surface area (Å²) >= 11 is 2.74. The monoisotopic (exact) mass is 502 g/mol. The zero-order chi connectivity index (χ0) is 23.9. The van der Waals surface area contributed by atoms with Crippen LogP contribution in [0.1, 0.15) is 61.9 Å². The number of nitrogens with zero attached hydrogens (tertiary/aromatic N) is 5. The highest BCUT2D eigenvalue weighted by Crippen LogP contribution is 2.35. The number of ether oxygens (including phenoxy) is 1. The molecule has 1 unspecified atom stereocenters. The topological polar surface area (TPSA) is 94.8 Å². The number of carbonyl (C=O) groups is 1. The van der Waals surface area contributed by atoms with Gasteiger partial charge < -0.3 is 4.74 Å². The summed E-state index contributed by atoms with van der Waals surface area (Å²) in [4.78, 5) is 12.5. The minimum atomic E-state index is -0.430. The molecule has 0 aliphatic heterocycles. The summed E-state index contributed by atoms with van der Waals surface area (Å²) in [6.45, 7) is 6.10. The Bertz CT molecular complexity index is 1110. The van der Waals surface area contributed by atoms with Gasteiger partial charge in [0.05, 0.1) is 5.75 Å². The maximum atomic E-state index is 13.2. The third-order valence-corrected chi connectivity index (χ3v) is 7.49. The predicted molar refractivity (Wildman–Crippen MR) is 131 cm³/mol. The summed E-state index contributed by atoms with van der Waals surface area (Å²) in [5.74, 6) is 1.23. The van der Waals surface area contributed by atoms with Crippen molar-refractivity contribution in [2.24, 2.45) is 0 Å². The molecule has 180 valence electrons. The van der Waals surface area contributed by atoms with E-state index < -0.39 is 6.10 Å². The van der Waals surface area contributed by atoms with Crippen molar-refractivity contribution >= 4 is 34.1 Å². The van der Waals surface area contributed by atoms with E-state index in [0.29, 0.717) is 34.3 Å². The van der Waals surface area contributed by atoms with E-state index in [4.69, 9.17) is 4.74 Å². The number of allylic oxidation sites excluding steroid dienone is 1. The van der Waals surface area contributed by atoms with Crippen LogP contribution in [0.15, 0.2) is 42.1 Å². The molecule has 2 heterocycles. The highest BCUT2D eigenvalue weighted by atomic mass is 32.2. The first-order valence-corrected chi connectivity index (χ1v) is 13.1. The van der Waals surface area contributed by atoms with E-state index in [1.54, 1.807) is 18.2 Å². The SMILES string of the molecule is C=CCn1c(SCC(=O)Nc2nnc(C3CCCCC3)s2)nnc1C(C)Oc1ccc(F)cc1. The number of amides is 1. The molecule has 0 spiro atoms. The number of benzene rings is 1. The molecule has 0 bridgehead atoms. The highest BCUT2D eigenvalue weighted by Gasteiger charge is 2.22. The van der Waals surface area contributed by atoms with E-state index in [-0.39, 0.29) is 17.5 Å². The Balaban J connectivity index is 1.35.